The molecule has 0 unspecified atom stereocenters. The van der Waals surface area contributed by atoms with Crippen LogP contribution in [-0.2, 0) is 14.4 Å². The molecule has 0 heterocycles. The third-order valence-electron chi connectivity index (χ3n) is 3.65. The summed E-state index contributed by atoms with van der Waals surface area (Å²) in [6.07, 6.45) is -0.140. The van der Waals surface area contributed by atoms with Gasteiger partial charge in [-0.15, -0.1) is 0 Å². The van der Waals surface area contributed by atoms with Crippen LogP contribution in [0.1, 0.15) is 18.4 Å². The fourth-order valence-corrected chi connectivity index (χ4v) is 2.40. The van der Waals surface area contributed by atoms with Crippen molar-refractivity contribution < 1.29 is 19.1 Å². The Morgan fingerprint density at radius 1 is 0.893 bits per heavy atom. The molecule has 0 saturated heterocycles. The summed E-state index contributed by atoms with van der Waals surface area (Å²) in [6, 6.07) is 11.7. The molecule has 0 aliphatic heterocycles. The van der Waals surface area contributed by atoms with Crippen LogP contribution in [0.25, 0.3) is 0 Å². The number of amides is 3. The fraction of sp³-hybridized carbons (Fsp3) is 0.211. The molecule has 28 heavy (non-hydrogen) atoms. The van der Waals surface area contributed by atoms with Crippen LogP contribution in [0.3, 0.4) is 0 Å². The molecule has 3 amide bonds. The zero-order chi connectivity index (χ0) is 20.5. The largest absolute Gasteiger partial charge is 0.484 e. The molecule has 9 heteroatoms. The lowest BCUT2D eigenvalue weighted by atomic mass is 10.2. The summed E-state index contributed by atoms with van der Waals surface area (Å²) in [5.74, 6) is -0.906. The maximum Gasteiger partial charge on any atom is 0.276 e. The van der Waals surface area contributed by atoms with Gasteiger partial charge in [-0.2, -0.15) is 0 Å². The number of hydrazine groups is 1. The summed E-state index contributed by atoms with van der Waals surface area (Å²) in [6.45, 7) is 1.50. The SMILES string of the molecule is Cc1c(Cl)cccc1NC(=O)CCC(=O)NNC(=O)COc1ccc(Cl)cc1. The van der Waals surface area contributed by atoms with E-state index >= 15 is 0 Å². The van der Waals surface area contributed by atoms with E-state index in [1.165, 1.54) is 0 Å². The lowest BCUT2D eigenvalue weighted by molar-refractivity contribution is -0.130. The number of anilines is 1. The van der Waals surface area contributed by atoms with E-state index in [-0.39, 0.29) is 25.4 Å². The smallest absolute Gasteiger partial charge is 0.276 e. The summed E-state index contributed by atoms with van der Waals surface area (Å²) in [7, 11) is 0. The Bertz CT molecular complexity index is 857. The summed E-state index contributed by atoms with van der Waals surface area (Å²) in [5, 5.41) is 3.79. The Hall–Kier alpha value is -2.77. The van der Waals surface area contributed by atoms with Gasteiger partial charge in [-0.05, 0) is 48.9 Å². The Morgan fingerprint density at radius 2 is 1.54 bits per heavy atom. The number of halogens is 2. The molecule has 0 fully saturated rings. The van der Waals surface area contributed by atoms with Crippen molar-refractivity contribution in [1.82, 2.24) is 10.9 Å². The third kappa shape index (κ3) is 7.09. The highest BCUT2D eigenvalue weighted by Gasteiger charge is 2.10. The number of rotatable bonds is 7. The number of ether oxygens (including phenoxy) is 1. The molecule has 0 aliphatic carbocycles. The van der Waals surface area contributed by atoms with Crippen molar-refractivity contribution in [1.29, 1.82) is 0 Å². The monoisotopic (exact) mass is 423 g/mol. The van der Waals surface area contributed by atoms with Gasteiger partial charge in [-0.25, -0.2) is 0 Å². The topological polar surface area (TPSA) is 96.5 Å². The predicted octanol–water partition coefficient (Wildman–Crippen LogP) is 3.25. The van der Waals surface area contributed by atoms with Gasteiger partial charge in [0, 0.05) is 28.6 Å². The Balaban J connectivity index is 1.66. The van der Waals surface area contributed by atoms with E-state index in [2.05, 4.69) is 16.2 Å². The summed E-state index contributed by atoms with van der Waals surface area (Å²) in [4.78, 5) is 35.4. The molecule has 7 nitrogen and oxygen atoms in total. The van der Waals surface area contributed by atoms with Crippen LogP contribution in [0.2, 0.25) is 10.0 Å². The van der Waals surface area contributed by atoms with Crippen LogP contribution in [-0.4, -0.2) is 24.3 Å². The van der Waals surface area contributed by atoms with Crippen molar-refractivity contribution in [2.24, 2.45) is 0 Å². The van der Waals surface area contributed by atoms with Gasteiger partial charge < -0.3 is 10.1 Å². The Morgan fingerprint density at radius 3 is 2.25 bits per heavy atom. The van der Waals surface area contributed by atoms with Gasteiger partial charge in [-0.3, -0.25) is 25.2 Å². The first kappa shape index (κ1) is 21.5. The third-order valence-corrected chi connectivity index (χ3v) is 4.31. The summed E-state index contributed by atoms with van der Waals surface area (Å²) >= 11 is 11.7. The van der Waals surface area contributed by atoms with Crippen LogP contribution in [0.15, 0.2) is 42.5 Å². The normalized spacial score (nSPS) is 10.1. The highest BCUT2D eigenvalue weighted by atomic mass is 35.5. The lowest BCUT2D eigenvalue weighted by Crippen LogP contribution is -2.44. The van der Waals surface area contributed by atoms with Gasteiger partial charge in [0.05, 0.1) is 0 Å². The standard InChI is InChI=1S/C19H19Cl2N3O4/c1-12-15(21)3-2-4-16(12)22-17(25)9-10-18(26)23-24-19(27)11-28-14-7-5-13(20)6-8-14/h2-8H,9-11H2,1H3,(H,22,25)(H,23,26)(H,24,27). The lowest BCUT2D eigenvalue weighted by Gasteiger charge is -2.10. The predicted molar refractivity (Wildman–Crippen MR) is 107 cm³/mol. The molecule has 0 spiro atoms. The van der Waals surface area contributed by atoms with E-state index in [0.717, 1.165) is 5.56 Å². The van der Waals surface area contributed by atoms with Gasteiger partial charge in [0.2, 0.25) is 11.8 Å². The average molecular weight is 424 g/mol. The first-order valence-electron chi connectivity index (χ1n) is 8.36. The van der Waals surface area contributed by atoms with Gasteiger partial charge in [0.15, 0.2) is 6.61 Å². The number of benzene rings is 2. The van der Waals surface area contributed by atoms with Crippen LogP contribution in [0.5, 0.6) is 5.75 Å². The second kappa shape index (κ2) is 10.5. The molecule has 0 radical (unpaired) electrons. The molecule has 2 aromatic carbocycles. The van der Waals surface area contributed by atoms with Crippen molar-refractivity contribution in [3.63, 3.8) is 0 Å². The van der Waals surface area contributed by atoms with Gasteiger partial charge in [0.25, 0.3) is 5.91 Å². The molecule has 0 aromatic heterocycles. The molecule has 0 bridgehead atoms. The van der Waals surface area contributed by atoms with Crippen molar-refractivity contribution in [2.45, 2.75) is 19.8 Å². The van der Waals surface area contributed by atoms with E-state index < -0.39 is 11.8 Å². The van der Waals surface area contributed by atoms with Crippen LogP contribution >= 0.6 is 23.2 Å². The molecule has 0 aliphatic rings. The minimum Gasteiger partial charge on any atom is -0.484 e. The van der Waals surface area contributed by atoms with E-state index in [4.69, 9.17) is 27.9 Å². The Labute approximate surface area is 172 Å². The molecule has 0 atom stereocenters. The van der Waals surface area contributed by atoms with Gasteiger partial charge in [0.1, 0.15) is 5.75 Å². The number of carbonyl (C=O) groups excluding carboxylic acids is 3. The Kier molecular flexibility index (Phi) is 8.10. The van der Waals surface area contributed by atoms with Gasteiger partial charge >= 0.3 is 0 Å². The van der Waals surface area contributed by atoms with E-state index in [0.29, 0.717) is 21.5 Å². The quantitative estimate of drug-likeness (QED) is 0.595. The highest BCUT2D eigenvalue weighted by molar-refractivity contribution is 6.31. The molecular formula is C19H19Cl2N3O4. The fourth-order valence-electron chi connectivity index (χ4n) is 2.10. The van der Waals surface area contributed by atoms with Gasteiger partial charge in [-0.1, -0.05) is 29.3 Å². The summed E-state index contributed by atoms with van der Waals surface area (Å²) in [5.41, 5.74) is 5.78. The maximum atomic E-state index is 12.0. The molecule has 0 saturated carbocycles. The molecular weight excluding hydrogens is 405 g/mol. The van der Waals surface area contributed by atoms with Crippen molar-refractivity contribution in [3.05, 3.63) is 58.1 Å². The van der Waals surface area contributed by atoms with E-state index in [9.17, 15) is 14.4 Å². The van der Waals surface area contributed by atoms with Crippen molar-refractivity contribution in [2.75, 3.05) is 11.9 Å². The first-order valence-corrected chi connectivity index (χ1v) is 9.12. The first-order chi connectivity index (χ1) is 13.3. The van der Waals surface area contributed by atoms with E-state index in [1.807, 2.05) is 0 Å². The minimum absolute atomic E-state index is 0.0467. The molecule has 3 N–H and O–H groups in total. The zero-order valence-electron chi connectivity index (χ0n) is 15.1. The average Bonchev–Trinajstić information content (AvgIpc) is 2.68. The zero-order valence-corrected chi connectivity index (χ0v) is 16.6. The van der Waals surface area contributed by atoms with Crippen molar-refractivity contribution in [3.8, 4) is 5.75 Å². The molecule has 2 aromatic rings. The van der Waals surface area contributed by atoms with Crippen LogP contribution in [0.4, 0.5) is 5.69 Å². The molecule has 148 valence electrons. The van der Waals surface area contributed by atoms with E-state index in [1.54, 1.807) is 49.4 Å². The van der Waals surface area contributed by atoms with Crippen LogP contribution in [0, 0.1) is 6.92 Å². The molecule has 2 rings (SSSR count). The number of carbonyl (C=O) groups is 3. The van der Waals surface area contributed by atoms with Crippen LogP contribution < -0.4 is 20.9 Å². The summed E-state index contributed by atoms with van der Waals surface area (Å²) < 4.78 is 5.24. The number of nitrogens with one attached hydrogen (secondary N) is 3. The van der Waals surface area contributed by atoms with Crippen molar-refractivity contribution >= 4 is 46.6 Å². The minimum atomic E-state index is -0.540. The second-order valence-electron chi connectivity index (χ2n) is 5.80. The second-order valence-corrected chi connectivity index (χ2v) is 6.64. The number of hydrogen-bond donors (Lipinski definition) is 3. The number of hydrogen-bond acceptors (Lipinski definition) is 4. The highest BCUT2D eigenvalue weighted by Crippen LogP contribution is 2.23. The maximum absolute atomic E-state index is 12.0.